The number of esters is 3. The maximum atomic E-state index is 15.0. The third kappa shape index (κ3) is 6.95. The molecule has 0 spiro atoms. The van der Waals surface area contributed by atoms with Crippen LogP contribution in [0, 0.1) is 50.2 Å². The normalized spacial score (nSPS) is 50.4. The molecule has 5 aliphatic carbocycles. The number of aliphatic hydroxyl groups excluding tert-OH is 5. The zero-order valence-corrected chi connectivity index (χ0v) is 37.3. The molecule has 0 aromatic rings. The number of carbonyl (C=O) groups is 4. The summed E-state index contributed by atoms with van der Waals surface area (Å²) < 4.78 is 39.1. The van der Waals surface area contributed by atoms with E-state index < -0.39 is 95.7 Å². The highest BCUT2D eigenvalue weighted by molar-refractivity contribution is 5.95. The topological polar surface area (TPSA) is 234 Å². The molecule has 344 valence electrons. The van der Waals surface area contributed by atoms with Crippen LogP contribution in [-0.4, -0.2) is 138 Å². The second kappa shape index (κ2) is 15.9. The van der Waals surface area contributed by atoms with Crippen molar-refractivity contribution in [3.63, 3.8) is 0 Å². The van der Waals surface area contributed by atoms with Crippen LogP contribution in [-0.2, 0) is 52.3 Å². The van der Waals surface area contributed by atoms with Crippen molar-refractivity contribution in [2.75, 3.05) is 21.3 Å². The van der Waals surface area contributed by atoms with Gasteiger partial charge in [0.2, 0.25) is 0 Å². The van der Waals surface area contributed by atoms with E-state index in [0.717, 1.165) is 52.7 Å². The van der Waals surface area contributed by atoms with Crippen LogP contribution in [0.2, 0.25) is 0 Å². The molecular formula is C45H68O16. The van der Waals surface area contributed by atoms with Gasteiger partial charge in [0.25, 0.3) is 0 Å². The molecule has 0 aromatic heterocycles. The average Bonchev–Trinajstić information content (AvgIpc) is 3.21. The molecule has 5 N–H and O–H groups in total. The van der Waals surface area contributed by atoms with Crippen molar-refractivity contribution >= 4 is 23.7 Å². The zero-order chi connectivity index (χ0) is 45.0. The average molecular weight is 865 g/mol. The van der Waals surface area contributed by atoms with Gasteiger partial charge in [0.15, 0.2) is 30.6 Å². The number of rotatable bonds is 7. The molecule has 0 radical (unpaired) electrons. The second-order valence-electron chi connectivity index (χ2n) is 21.2. The van der Waals surface area contributed by atoms with E-state index in [2.05, 4.69) is 46.3 Å². The molecular weight excluding hydrogens is 796 g/mol. The molecule has 0 unspecified atom stereocenters. The van der Waals surface area contributed by atoms with Gasteiger partial charge in [-0.15, -0.1) is 0 Å². The van der Waals surface area contributed by atoms with E-state index in [1.807, 2.05) is 13.0 Å². The minimum Gasteiger partial charge on any atom is -0.469 e. The summed E-state index contributed by atoms with van der Waals surface area (Å²) in [6, 6.07) is 0. The van der Waals surface area contributed by atoms with Gasteiger partial charge in [-0.1, -0.05) is 47.1 Å². The van der Waals surface area contributed by atoms with Crippen LogP contribution >= 0.6 is 0 Å². The Morgan fingerprint density at radius 3 is 1.87 bits per heavy atom. The van der Waals surface area contributed by atoms with Crippen molar-refractivity contribution < 1.29 is 77.9 Å². The summed E-state index contributed by atoms with van der Waals surface area (Å²) in [6.07, 6.45) is -9.88. The fraction of sp³-hybridized carbons (Fsp3) is 0.867. The summed E-state index contributed by atoms with van der Waals surface area (Å²) in [4.78, 5) is 53.4. The molecule has 2 heterocycles. The summed E-state index contributed by atoms with van der Waals surface area (Å²) >= 11 is 0. The van der Waals surface area contributed by atoms with Crippen LogP contribution in [0.5, 0.6) is 0 Å². The summed E-state index contributed by atoms with van der Waals surface area (Å²) in [5.74, 6) is -2.39. The predicted octanol–water partition coefficient (Wildman–Crippen LogP) is 2.51. The van der Waals surface area contributed by atoms with Gasteiger partial charge in [-0.25, -0.2) is 9.59 Å². The van der Waals surface area contributed by atoms with E-state index in [0.29, 0.717) is 19.3 Å². The van der Waals surface area contributed by atoms with Crippen LogP contribution in [0.15, 0.2) is 11.6 Å². The lowest BCUT2D eigenvalue weighted by Gasteiger charge is -2.70. The molecule has 7 rings (SSSR count). The van der Waals surface area contributed by atoms with Crippen molar-refractivity contribution in [2.24, 2.45) is 50.2 Å². The number of ether oxygens (including phenoxy) is 7. The Hall–Kier alpha value is -2.54. The van der Waals surface area contributed by atoms with E-state index in [4.69, 9.17) is 28.4 Å². The number of ketones is 1. The number of hydrogen-bond donors (Lipinski definition) is 5. The summed E-state index contributed by atoms with van der Waals surface area (Å²) in [5.41, 5.74) is -1.21. The van der Waals surface area contributed by atoms with Crippen molar-refractivity contribution in [3.8, 4) is 0 Å². The van der Waals surface area contributed by atoms with Gasteiger partial charge < -0.3 is 58.7 Å². The van der Waals surface area contributed by atoms with Gasteiger partial charge in [-0.2, -0.15) is 0 Å². The van der Waals surface area contributed by atoms with Crippen molar-refractivity contribution in [1.82, 2.24) is 0 Å². The van der Waals surface area contributed by atoms with Crippen LogP contribution in [0.1, 0.15) is 106 Å². The zero-order valence-electron chi connectivity index (χ0n) is 37.3. The summed E-state index contributed by atoms with van der Waals surface area (Å²) in [7, 11) is 3.59. The third-order valence-corrected chi connectivity index (χ3v) is 17.8. The first kappa shape index (κ1) is 46.5. The second-order valence-corrected chi connectivity index (χ2v) is 21.2. The lowest BCUT2D eigenvalue weighted by molar-refractivity contribution is -0.371. The van der Waals surface area contributed by atoms with Crippen LogP contribution in [0.3, 0.4) is 0 Å². The van der Waals surface area contributed by atoms with E-state index in [1.54, 1.807) is 0 Å². The molecule has 16 nitrogen and oxygen atoms in total. The Labute approximate surface area is 357 Å². The van der Waals surface area contributed by atoms with Crippen molar-refractivity contribution in [3.05, 3.63) is 11.6 Å². The number of hydrogen-bond acceptors (Lipinski definition) is 16. The first-order valence-electron chi connectivity index (χ1n) is 21.9. The fourth-order valence-corrected chi connectivity index (χ4v) is 13.8. The minimum absolute atomic E-state index is 0.0224. The molecule has 6 fully saturated rings. The van der Waals surface area contributed by atoms with Gasteiger partial charge in [0.05, 0.1) is 32.8 Å². The van der Waals surface area contributed by atoms with E-state index >= 15 is 0 Å². The van der Waals surface area contributed by atoms with Crippen molar-refractivity contribution in [1.29, 1.82) is 0 Å². The number of allylic oxidation sites excluding steroid dienone is 2. The number of carbonyl (C=O) groups excluding carboxylic acids is 4. The molecule has 2 aliphatic heterocycles. The first-order valence-corrected chi connectivity index (χ1v) is 21.9. The quantitative estimate of drug-likeness (QED) is 0.141. The minimum atomic E-state index is -1.93. The predicted molar refractivity (Wildman–Crippen MR) is 213 cm³/mol. The maximum Gasteiger partial charge on any atom is 0.337 e. The molecule has 19 atom stereocenters. The number of fused-ring (bicyclic) bond motifs is 7. The van der Waals surface area contributed by atoms with Crippen LogP contribution < -0.4 is 0 Å². The highest BCUT2D eigenvalue weighted by Gasteiger charge is 2.71. The molecule has 4 saturated carbocycles. The Balaban J connectivity index is 1.18. The molecule has 16 heteroatoms. The molecule has 61 heavy (non-hydrogen) atoms. The Morgan fingerprint density at radius 1 is 0.672 bits per heavy atom. The van der Waals surface area contributed by atoms with Gasteiger partial charge in [0.1, 0.15) is 36.6 Å². The van der Waals surface area contributed by atoms with Gasteiger partial charge >= 0.3 is 17.9 Å². The molecule has 0 aromatic carbocycles. The molecule has 2 saturated heterocycles. The Morgan fingerprint density at radius 2 is 1.26 bits per heavy atom. The van der Waals surface area contributed by atoms with Crippen LogP contribution in [0.4, 0.5) is 0 Å². The largest absolute Gasteiger partial charge is 0.469 e. The fourth-order valence-electron chi connectivity index (χ4n) is 13.8. The smallest absolute Gasteiger partial charge is 0.337 e. The maximum absolute atomic E-state index is 15.0. The first-order chi connectivity index (χ1) is 28.4. The highest BCUT2D eigenvalue weighted by Crippen LogP contribution is 2.75. The van der Waals surface area contributed by atoms with Gasteiger partial charge in [-0.05, 0) is 110 Å². The summed E-state index contributed by atoms with van der Waals surface area (Å²) in [5, 5.41) is 54.5. The highest BCUT2D eigenvalue weighted by atomic mass is 16.8. The molecule has 7 aliphatic rings. The third-order valence-electron chi connectivity index (χ3n) is 17.8. The van der Waals surface area contributed by atoms with Crippen molar-refractivity contribution in [2.45, 2.75) is 174 Å². The van der Waals surface area contributed by atoms with E-state index in [1.165, 1.54) is 12.7 Å². The lowest BCUT2D eigenvalue weighted by atomic mass is 9.33. The Kier molecular flexibility index (Phi) is 12.1. The van der Waals surface area contributed by atoms with E-state index in [-0.39, 0.29) is 45.8 Å². The number of aliphatic hydroxyl groups is 5. The van der Waals surface area contributed by atoms with Crippen LogP contribution in [0.25, 0.3) is 0 Å². The summed E-state index contributed by atoms with van der Waals surface area (Å²) in [6.45, 7) is 15.4. The van der Waals surface area contributed by atoms with E-state index in [9.17, 15) is 44.7 Å². The standard InChI is InChI=1S/C45H68O16/c1-40(2)24-11-14-45(7)34(23(46)19-21-22-20-42(4,39(54)57-10)16-15-41(22,3)17-18-44(21,45)6)43(24,5)13-12-25(40)58-38-33(29(50)28(49)32(60-38)36(53)56-9)61-37-30(51)26(47)27(48)31(59-37)35(52)55-8/h19,22,24-34,37-38,47-51H,11-18,20H2,1-10H3/t22-,24+,25+,26+,27+,28+,29+,30-,31+,32+,33-,34-,37+,38-,41-,42-,43+,44-,45-/m1/s1. The number of methoxy groups -OCH3 is 3. The Bertz CT molecular complexity index is 1780. The lowest BCUT2D eigenvalue weighted by Crippen LogP contribution is -2.68. The molecule has 0 amide bonds. The monoisotopic (exact) mass is 864 g/mol. The molecule has 0 bridgehead atoms. The van der Waals surface area contributed by atoms with Gasteiger partial charge in [-0.3, -0.25) is 9.59 Å². The SMILES string of the molecule is COC(=O)[C@H]1O[C@@H](O[C@H]2[C@H](O[C@H]3CC[C@]4(C)[C@H]5C(=O)C=C6[C@H]7C[C@](C)(C(=O)OC)CC[C@]7(C)CC[C@@]6(C)[C@]5(C)CC[C@H]4C3(C)C)O[C@H](C(=O)OC)[C@@H](O)[C@@H]2O)[C@H](O)[C@@H](O)[C@@H]1O. The van der Waals surface area contributed by atoms with Gasteiger partial charge in [0, 0.05) is 5.92 Å².